The summed E-state index contributed by atoms with van der Waals surface area (Å²) >= 11 is 6.29. The summed E-state index contributed by atoms with van der Waals surface area (Å²) < 4.78 is 11.2. The van der Waals surface area contributed by atoms with Crippen LogP contribution in [0, 0.1) is 0 Å². The molecule has 0 spiro atoms. The summed E-state index contributed by atoms with van der Waals surface area (Å²) in [4.78, 5) is 0. The average molecular weight is 306 g/mol. The Morgan fingerprint density at radius 1 is 1.10 bits per heavy atom. The average Bonchev–Trinajstić information content (AvgIpc) is 2.50. The number of ether oxygens (including phenoxy) is 2. The summed E-state index contributed by atoms with van der Waals surface area (Å²) in [5.41, 5.74) is 0.968. The number of rotatable bonds is 7. The highest BCUT2D eigenvalue weighted by atomic mass is 35.5. The molecule has 3 nitrogen and oxygen atoms in total. The van der Waals surface area contributed by atoms with Crippen LogP contribution in [0.2, 0.25) is 5.02 Å². The molecular formula is C17H20ClNO2. The first-order valence-electron chi connectivity index (χ1n) is 7.04. The molecule has 0 radical (unpaired) electrons. The third kappa shape index (κ3) is 4.38. The molecule has 0 fully saturated rings. The molecule has 2 aromatic carbocycles. The molecule has 1 N–H and O–H groups in total. The highest BCUT2D eigenvalue weighted by Crippen LogP contribution is 2.31. The molecule has 4 heteroatoms. The Hall–Kier alpha value is -1.71. The van der Waals surface area contributed by atoms with E-state index in [4.69, 9.17) is 21.1 Å². The maximum absolute atomic E-state index is 6.29. The Kier molecular flexibility index (Phi) is 5.90. The lowest BCUT2D eigenvalue weighted by Crippen LogP contribution is -2.14. The fraction of sp³-hybridized carbons (Fsp3) is 0.294. The number of hydrogen-bond acceptors (Lipinski definition) is 3. The number of methoxy groups -OCH3 is 1. The fourth-order valence-corrected chi connectivity index (χ4v) is 2.22. The molecule has 0 aliphatic heterocycles. The molecule has 112 valence electrons. The second-order valence-electron chi connectivity index (χ2n) is 4.67. The number of halogens is 1. The highest BCUT2D eigenvalue weighted by molar-refractivity contribution is 6.31. The normalized spacial score (nSPS) is 10.4. The van der Waals surface area contributed by atoms with Crippen LogP contribution in [0.1, 0.15) is 18.9 Å². The van der Waals surface area contributed by atoms with Gasteiger partial charge in [0.1, 0.15) is 17.2 Å². The van der Waals surface area contributed by atoms with Crippen LogP contribution < -0.4 is 14.8 Å². The SMILES string of the molecule is CCCNCc1c(Cl)cccc1Oc1cccc(OC)c1. The minimum atomic E-state index is 0.687. The Morgan fingerprint density at radius 3 is 2.62 bits per heavy atom. The van der Waals surface area contributed by atoms with Crippen molar-refractivity contribution in [2.45, 2.75) is 19.9 Å². The van der Waals surface area contributed by atoms with Crippen molar-refractivity contribution >= 4 is 11.6 Å². The molecule has 0 bridgehead atoms. The van der Waals surface area contributed by atoms with E-state index >= 15 is 0 Å². The first-order valence-corrected chi connectivity index (χ1v) is 7.42. The van der Waals surface area contributed by atoms with Crippen molar-refractivity contribution in [1.82, 2.24) is 5.32 Å². The van der Waals surface area contributed by atoms with E-state index in [1.54, 1.807) is 7.11 Å². The van der Waals surface area contributed by atoms with Crippen LogP contribution in [0.25, 0.3) is 0 Å². The van der Waals surface area contributed by atoms with Gasteiger partial charge in [0, 0.05) is 23.2 Å². The molecule has 0 aliphatic rings. The standard InChI is InChI=1S/C17H20ClNO2/c1-3-10-19-12-15-16(18)8-5-9-17(15)21-14-7-4-6-13(11-14)20-2/h4-9,11,19H,3,10,12H2,1-2H3. The van der Waals surface area contributed by atoms with Crippen LogP contribution in [-0.4, -0.2) is 13.7 Å². The maximum Gasteiger partial charge on any atom is 0.133 e. The van der Waals surface area contributed by atoms with Crippen LogP contribution in [0.3, 0.4) is 0 Å². The molecule has 0 unspecified atom stereocenters. The Balaban J connectivity index is 2.20. The van der Waals surface area contributed by atoms with Gasteiger partial charge >= 0.3 is 0 Å². The second kappa shape index (κ2) is 7.91. The van der Waals surface area contributed by atoms with Crippen molar-refractivity contribution in [2.75, 3.05) is 13.7 Å². The zero-order valence-electron chi connectivity index (χ0n) is 12.4. The minimum absolute atomic E-state index is 0.687. The van der Waals surface area contributed by atoms with E-state index in [-0.39, 0.29) is 0 Å². The maximum atomic E-state index is 6.29. The zero-order valence-corrected chi connectivity index (χ0v) is 13.1. The highest BCUT2D eigenvalue weighted by Gasteiger charge is 2.09. The van der Waals surface area contributed by atoms with Gasteiger partial charge in [0.25, 0.3) is 0 Å². The van der Waals surface area contributed by atoms with E-state index in [0.29, 0.717) is 11.6 Å². The molecule has 0 saturated heterocycles. The molecule has 2 aromatic rings. The number of nitrogens with one attached hydrogen (secondary N) is 1. The molecule has 0 amide bonds. The lowest BCUT2D eigenvalue weighted by molar-refractivity contribution is 0.408. The van der Waals surface area contributed by atoms with Crippen molar-refractivity contribution in [3.05, 3.63) is 53.1 Å². The van der Waals surface area contributed by atoms with Crippen molar-refractivity contribution in [3.63, 3.8) is 0 Å². The van der Waals surface area contributed by atoms with Gasteiger partial charge in [-0.2, -0.15) is 0 Å². The van der Waals surface area contributed by atoms with E-state index in [9.17, 15) is 0 Å². The predicted octanol–water partition coefficient (Wildman–Crippen LogP) is 4.64. The van der Waals surface area contributed by atoms with Crippen molar-refractivity contribution < 1.29 is 9.47 Å². The lowest BCUT2D eigenvalue weighted by Gasteiger charge is -2.14. The minimum Gasteiger partial charge on any atom is -0.497 e. The lowest BCUT2D eigenvalue weighted by atomic mass is 10.2. The number of benzene rings is 2. The van der Waals surface area contributed by atoms with Crippen LogP contribution >= 0.6 is 11.6 Å². The second-order valence-corrected chi connectivity index (χ2v) is 5.08. The Morgan fingerprint density at radius 2 is 1.86 bits per heavy atom. The van der Waals surface area contributed by atoms with E-state index in [2.05, 4.69) is 12.2 Å². The summed E-state index contributed by atoms with van der Waals surface area (Å²) in [6, 6.07) is 13.2. The molecule has 0 saturated carbocycles. The van der Waals surface area contributed by atoms with Crippen LogP contribution in [0.4, 0.5) is 0 Å². The molecule has 0 atom stereocenters. The van der Waals surface area contributed by atoms with Crippen molar-refractivity contribution in [3.8, 4) is 17.2 Å². The van der Waals surface area contributed by atoms with Crippen LogP contribution in [-0.2, 0) is 6.54 Å². The topological polar surface area (TPSA) is 30.5 Å². The summed E-state index contributed by atoms with van der Waals surface area (Å²) in [6.07, 6.45) is 1.08. The van der Waals surface area contributed by atoms with Crippen LogP contribution in [0.5, 0.6) is 17.2 Å². The van der Waals surface area contributed by atoms with Gasteiger partial charge in [-0.25, -0.2) is 0 Å². The quantitative estimate of drug-likeness (QED) is 0.756. The van der Waals surface area contributed by atoms with Gasteiger partial charge in [-0.05, 0) is 37.2 Å². The summed E-state index contributed by atoms with van der Waals surface area (Å²) in [5.74, 6) is 2.26. The molecular weight excluding hydrogens is 286 g/mol. The molecule has 0 heterocycles. The largest absolute Gasteiger partial charge is 0.497 e. The summed E-state index contributed by atoms with van der Waals surface area (Å²) in [5, 5.41) is 4.06. The van der Waals surface area contributed by atoms with Crippen LogP contribution in [0.15, 0.2) is 42.5 Å². The molecule has 2 rings (SSSR count). The zero-order chi connectivity index (χ0) is 15.1. The third-order valence-electron chi connectivity index (χ3n) is 3.07. The Bertz CT molecular complexity index is 587. The first-order chi connectivity index (χ1) is 10.2. The fourth-order valence-electron chi connectivity index (χ4n) is 1.99. The smallest absolute Gasteiger partial charge is 0.133 e. The van der Waals surface area contributed by atoms with Gasteiger partial charge in [-0.15, -0.1) is 0 Å². The van der Waals surface area contributed by atoms with Gasteiger partial charge in [0.05, 0.1) is 7.11 Å². The van der Waals surface area contributed by atoms with Gasteiger partial charge < -0.3 is 14.8 Å². The molecule has 21 heavy (non-hydrogen) atoms. The van der Waals surface area contributed by atoms with Crippen molar-refractivity contribution in [2.24, 2.45) is 0 Å². The van der Waals surface area contributed by atoms with Crippen molar-refractivity contribution in [1.29, 1.82) is 0 Å². The first kappa shape index (κ1) is 15.7. The monoisotopic (exact) mass is 305 g/mol. The Labute approximate surface area is 130 Å². The molecule has 0 aliphatic carbocycles. The van der Waals surface area contributed by atoms with Gasteiger partial charge in [-0.1, -0.05) is 30.7 Å². The molecule has 0 aromatic heterocycles. The summed E-state index contributed by atoms with van der Waals surface area (Å²) in [7, 11) is 1.64. The van der Waals surface area contributed by atoms with Gasteiger partial charge in [0.2, 0.25) is 0 Å². The van der Waals surface area contributed by atoms with Gasteiger partial charge in [-0.3, -0.25) is 0 Å². The van der Waals surface area contributed by atoms with E-state index in [0.717, 1.165) is 35.8 Å². The summed E-state index contributed by atoms with van der Waals surface area (Å²) in [6.45, 7) is 3.77. The van der Waals surface area contributed by atoms with E-state index < -0.39 is 0 Å². The number of hydrogen-bond donors (Lipinski definition) is 1. The third-order valence-corrected chi connectivity index (χ3v) is 3.43. The van der Waals surface area contributed by atoms with E-state index in [1.165, 1.54) is 0 Å². The van der Waals surface area contributed by atoms with E-state index in [1.807, 2.05) is 42.5 Å². The van der Waals surface area contributed by atoms with Gasteiger partial charge in [0.15, 0.2) is 0 Å². The predicted molar refractivity (Wildman–Crippen MR) is 86.5 cm³/mol.